The number of nitrogen functional groups attached to an aromatic ring is 1. The lowest BCUT2D eigenvalue weighted by Crippen LogP contribution is -2.36. The standard InChI is InChI=1S/C10H14BrN3O4S2/c11-9-5-7(12)6-13-10(9)14-20(17,18)8-1-3-19(15,16)4-2-8/h5-6,8H,1-4,12H2,(H,13,14). The summed E-state index contributed by atoms with van der Waals surface area (Å²) in [4.78, 5) is 3.91. The van der Waals surface area contributed by atoms with Crippen LogP contribution in [0.25, 0.3) is 0 Å². The first-order chi connectivity index (χ1) is 9.20. The molecule has 0 atom stereocenters. The van der Waals surface area contributed by atoms with Gasteiger partial charge >= 0.3 is 0 Å². The van der Waals surface area contributed by atoms with E-state index in [0.29, 0.717) is 10.2 Å². The number of halogens is 1. The summed E-state index contributed by atoms with van der Waals surface area (Å²) in [5.41, 5.74) is 5.93. The highest BCUT2D eigenvalue weighted by molar-refractivity contribution is 9.10. The molecule has 0 amide bonds. The third kappa shape index (κ3) is 3.61. The van der Waals surface area contributed by atoms with Gasteiger partial charge in [0.15, 0.2) is 5.82 Å². The van der Waals surface area contributed by atoms with Crippen molar-refractivity contribution in [3.8, 4) is 0 Å². The molecule has 20 heavy (non-hydrogen) atoms. The van der Waals surface area contributed by atoms with Crippen molar-refractivity contribution in [3.05, 3.63) is 16.7 Å². The van der Waals surface area contributed by atoms with Gasteiger partial charge in [-0.05, 0) is 34.8 Å². The van der Waals surface area contributed by atoms with Gasteiger partial charge in [-0.25, -0.2) is 21.8 Å². The molecule has 2 rings (SSSR count). The van der Waals surface area contributed by atoms with Gasteiger partial charge in [0, 0.05) is 0 Å². The highest BCUT2D eigenvalue weighted by atomic mass is 79.9. The number of nitrogens with one attached hydrogen (secondary N) is 1. The summed E-state index contributed by atoms with van der Waals surface area (Å²) in [5, 5.41) is -0.725. The van der Waals surface area contributed by atoms with E-state index in [9.17, 15) is 16.8 Å². The Labute approximate surface area is 126 Å². The van der Waals surface area contributed by atoms with Crippen LogP contribution in [0, 0.1) is 0 Å². The maximum absolute atomic E-state index is 12.2. The van der Waals surface area contributed by atoms with Crippen molar-refractivity contribution >= 4 is 47.3 Å². The fourth-order valence-corrected chi connectivity index (χ4v) is 5.77. The van der Waals surface area contributed by atoms with Crippen LogP contribution in [0.2, 0.25) is 0 Å². The Bertz CT molecular complexity index is 704. The number of nitrogens with zero attached hydrogens (tertiary/aromatic N) is 1. The third-order valence-corrected chi connectivity index (χ3v) is 7.19. The van der Waals surface area contributed by atoms with E-state index in [0.717, 1.165) is 0 Å². The molecule has 1 aliphatic rings. The second-order valence-corrected chi connectivity index (χ2v) is 9.72. The quantitative estimate of drug-likeness (QED) is 0.794. The summed E-state index contributed by atoms with van der Waals surface area (Å²) >= 11 is 3.18. The van der Waals surface area contributed by atoms with Gasteiger partial charge in [-0.3, -0.25) is 4.72 Å². The van der Waals surface area contributed by atoms with Crippen molar-refractivity contribution in [2.45, 2.75) is 18.1 Å². The molecule has 0 saturated carbocycles. The van der Waals surface area contributed by atoms with Crippen LogP contribution >= 0.6 is 15.9 Å². The Kier molecular flexibility index (Phi) is 4.26. The Balaban J connectivity index is 2.16. The lowest BCUT2D eigenvalue weighted by atomic mass is 10.2. The van der Waals surface area contributed by atoms with Crippen LogP contribution in [0.1, 0.15) is 12.8 Å². The molecule has 1 aromatic rings. The van der Waals surface area contributed by atoms with E-state index in [4.69, 9.17) is 5.73 Å². The SMILES string of the molecule is Nc1cnc(NS(=O)(=O)C2CCS(=O)(=O)CC2)c(Br)c1. The largest absolute Gasteiger partial charge is 0.397 e. The molecule has 0 aromatic carbocycles. The lowest BCUT2D eigenvalue weighted by molar-refractivity contribution is 0.555. The molecule has 2 heterocycles. The lowest BCUT2D eigenvalue weighted by Gasteiger charge is -2.22. The molecule has 0 bridgehead atoms. The van der Waals surface area contributed by atoms with Crippen LogP contribution in [0.5, 0.6) is 0 Å². The highest BCUT2D eigenvalue weighted by Gasteiger charge is 2.33. The topological polar surface area (TPSA) is 119 Å². The van der Waals surface area contributed by atoms with Crippen molar-refractivity contribution in [1.29, 1.82) is 0 Å². The minimum absolute atomic E-state index is 0.101. The van der Waals surface area contributed by atoms with Crippen LogP contribution in [-0.4, -0.2) is 38.6 Å². The Hall–Kier alpha value is -0.870. The summed E-state index contributed by atoms with van der Waals surface area (Å²) < 4.78 is 49.9. The second-order valence-electron chi connectivity index (χ2n) is 4.60. The van der Waals surface area contributed by atoms with Crippen molar-refractivity contribution in [2.24, 2.45) is 0 Å². The monoisotopic (exact) mass is 383 g/mol. The van der Waals surface area contributed by atoms with Gasteiger partial charge in [0.05, 0.1) is 33.1 Å². The molecular formula is C10H14BrN3O4S2. The third-order valence-electron chi connectivity index (χ3n) is 3.04. The number of hydrogen-bond acceptors (Lipinski definition) is 6. The Morgan fingerprint density at radius 2 is 1.95 bits per heavy atom. The van der Waals surface area contributed by atoms with Gasteiger partial charge in [-0.1, -0.05) is 0 Å². The Morgan fingerprint density at radius 3 is 2.50 bits per heavy atom. The number of aromatic nitrogens is 1. The molecule has 112 valence electrons. The molecule has 1 aromatic heterocycles. The van der Waals surface area contributed by atoms with Crippen molar-refractivity contribution < 1.29 is 16.8 Å². The van der Waals surface area contributed by atoms with Gasteiger partial charge in [0.2, 0.25) is 10.0 Å². The van der Waals surface area contributed by atoms with Crippen LogP contribution in [0.4, 0.5) is 11.5 Å². The summed E-state index contributed by atoms with van der Waals surface area (Å²) in [6.07, 6.45) is 1.54. The number of rotatable bonds is 3. The van der Waals surface area contributed by atoms with Gasteiger partial charge in [-0.15, -0.1) is 0 Å². The number of nitrogens with two attached hydrogens (primary N) is 1. The molecule has 10 heteroatoms. The predicted octanol–water partition coefficient (Wildman–Crippen LogP) is 0.745. The maximum atomic E-state index is 12.2. The van der Waals surface area contributed by atoms with Crippen molar-refractivity contribution in [3.63, 3.8) is 0 Å². The van der Waals surface area contributed by atoms with E-state index in [2.05, 4.69) is 25.6 Å². The molecule has 1 saturated heterocycles. The first kappa shape index (κ1) is 15.5. The molecule has 0 unspecified atom stereocenters. The molecule has 7 nitrogen and oxygen atoms in total. The number of sulfone groups is 1. The van der Waals surface area contributed by atoms with Gasteiger partial charge in [0.1, 0.15) is 9.84 Å². The summed E-state index contributed by atoms with van der Waals surface area (Å²) in [7, 11) is -6.77. The summed E-state index contributed by atoms with van der Waals surface area (Å²) in [6.45, 7) is 0. The Morgan fingerprint density at radius 1 is 1.35 bits per heavy atom. The minimum Gasteiger partial charge on any atom is -0.397 e. The van der Waals surface area contributed by atoms with E-state index >= 15 is 0 Å². The number of hydrogen-bond donors (Lipinski definition) is 2. The molecule has 0 aliphatic carbocycles. The predicted molar refractivity (Wildman–Crippen MR) is 80.6 cm³/mol. The van der Waals surface area contributed by atoms with E-state index in [1.54, 1.807) is 0 Å². The van der Waals surface area contributed by atoms with Crippen LogP contribution in [-0.2, 0) is 19.9 Å². The zero-order valence-corrected chi connectivity index (χ0v) is 13.6. The first-order valence-corrected chi connectivity index (χ1v) is 9.99. The molecule has 3 N–H and O–H groups in total. The van der Waals surface area contributed by atoms with Gasteiger partial charge < -0.3 is 5.73 Å². The normalized spacial score (nSPS) is 19.6. The number of pyridine rings is 1. The van der Waals surface area contributed by atoms with Crippen molar-refractivity contribution in [1.82, 2.24) is 4.98 Å². The van der Waals surface area contributed by atoms with Gasteiger partial charge in [-0.2, -0.15) is 0 Å². The molecule has 1 aliphatic heterocycles. The van der Waals surface area contributed by atoms with E-state index in [1.807, 2.05) is 0 Å². The van der Waals surface area contributed by atoms with Crippen LogP contribution in [0.3, 0.4) is 0 Å². The number of sulfonamides is 1. The molecule has 0 spiro atoms. The maximum Gasteiger partial charge on any atom is 0.236 e. The van der Waals surface area contributed by atoms with Gasteiger partial charge in [0.25, 0.3) is 0 Å². The molecule has 0 radical (unpaired) electrons. The molecular weight excluding hydrogens is 370 g/mol. The van der Waals surface area contributed by atoms with Crippen LogP contribution < -0.4 is 10.5 Å². The first-order valence-electron chi connectivity index (χ1n) is 5.83. The smallest absolute Gasteiger partial charge is 0.236 e. The summed E-state index contributed by atoms with van der Waals surface area (Å²) in [6, 6.07) is 1.54. The zero-order chi connectivity index (χ0) is 15.0. The van der Waals surface area contributed by atoms with E-state index in [-0.39, 0.29) is 30.2 Å². The van der Waals surface area contributed by atoms with E-state index < -0.39 is 25.1 Å². The zero-order valence-electron chi connectivity index (χ0n) is 10.4. The number of anilines is 2. The fraction of sp³-hybridized carbons (Fsp3) is 0.500. The summed E-state index contributed by atoms with van der Waals surface area (Å²) in [5.74, 6) is -0.0586. The van der Waals surface area contributed by atoms with Crippen LogP contribution in [0.15, 0.2) is 16.7 Å². The minimum atomic E-state index is -3.67. The average molecular weight is 384 g/mol. The fourth-order valence-electron chi connectivity index (χ4n) is 1.92. The average Bonchev–Trinajstić information content (AvgIpc) is 2.32. The van der Waals surface area contributed by atoms with E-state index in [1.165, 1.54) is 12.3 Å². The molecule has 1 fully saturated rings. The van der Waals surface area contributed by atoms with Crippen molar-refractivity contribution in [2.75, 3.05) is 22.0 Å². The highest BCUT2D eigenvalue weighted by Crippen LogP contribution is 2.26. The second kappa shape index (κ2) is 5.49.